The first-order chi connectivity index (χ1) is 13.8. The van der Waals surface area contributed by atoms with Gasteiger partial charge in [-0.15, -0.1) is 0 Å². The maximum atomic E-state index is 12.9. The van der Waals surface area contributed by atoms with E-state index in [4.69, 9.17) is 11.6 Å². The number of anilines is 2. The Hall–Kier alpha value is -3.00. The fraction of sp³-hybridized carbons (Fsp3) is 0.455. The van der Waals surface area contributed by atoms with E-state index in [9.17, 15) is 14.7 Å². The number of aromatic hydroxyl groups is 1. The molecule has 3 rings (SSSR count). The van der Waals surface area contributed by atoms with Gasteiger partial charge in [0.15, 0.2) is 5.75 Å². The van der Waals surface area contributed by atoms with Gasteiger partial charge in [0.2, 0.25) is 5.78 Å². The van der Waals surface area contributed by atoms with Crippen molar-refractivity contribution >= 4 is 23.1 Å². The van der Waals surface area contributed by atoms with Crippen molar-refractivity contribution in [3.05, 3.63) is 40.2 Å². The Morgan fingerprint density at radius 3 is 2.33 bits per heavy atom. The first-order valence-electron chi connectivity index (χ1n) is 10.0. The third kappa shape index (κ3) is 3.75. The standard InChI is InChI=1S/C22H31N5O3/c1-11(22(2,3)4)27(24)18-17(16(20(18)29)12-7-8-12)25-15-10-13(23)9-14(19(15)28)21(30)26(5)6/h9-11,25,28H,7-8,23-24H2,1-6H3/t11-/m0/s1. The summed E-state index contributed by atoms with van der Waals surface area (Å²) in [6.07, 6.45) is 1.73. The summed E-state index contributed by atoms with van der Waals surface area (Å²) >= 11 is 0. The van der Waals surface area contributed by atoms with Gasteiger partial charge >= 0.3 is 0 Å². The zero-order chi connectivity index (χ0) is 22.5. The number of hydrogen-bond donors (Lipinski definition) is 4. The van der Waals surface area contributed by atoms with E-state index in [0.717, 1.165) is 18.4 Å². The molecule has 8 heteroatoms. The molecule has 2 aliphatic rings. The number of nitrogen functional groups attached to an aromatic ring is 1. The van der Waals surface area contributed by atoms with Crippen LogP contribution in [-0.2, 0) is 4.79 Å². The average Bonchev–Trinajstić information content (AvgIpc) is 3.46. The lowest BCUT2D eigenvalue weighted by atomic mass is 9.84. The molecule has 1 saturated carbocycles. The van der Waals surface area contributed by atoms with Crippen LogP contribution in [-0.4, -0.2) is 46.8 Å². The van der Waals surface area contributed by atoms with Gasteiger partial charge in [0, 0.05) is 31.4 Å². The number of hydrazine groups is 1. The highest BCUT2D eigenvalue weighted by atomic mass is 16.3. The molecular weight excluding hydrogens is 382 g/mol. The van der Waals surface area contributed by atoms with Crippen LogP contribution in [0.5, 0.6) is 5.75 Å². The Bertz CT molecular complexity index is 979. The summed E-state index contributed by atoms with van der Waals surface area (Å²) in [5.74, 6) is 5.66. The molecule has 0 spiro atoms. The van der Waals surface area contributed by atoms with E-state index in [1.54, 1.807) is 20.2 Å². The summed E-state index contributed by atoms with van der Waals surface area (Å²) in [4.78, 5) is 26.7. The lowest BCUT2D eigenvalue weighted by Crippen LogP contribution is -2.51. The zero-order valence-electron chi connectivity index (χ0n) is 18.5. The number of carbonyl (C=O) groups is 2. The van der Waals surface area contributed by atoms with Gasteiger partial charge in [-0.25, -0.2) is 5.84 Å². The van der Waals surface area contributed by atoms with Crippen molar-refractivity contribution < 1.29 is 14.7 Å². The van der Waals surface area contributed by atoms with E-state index in [-0.39, 0.29) is 40.1 Å². The molecule has 162 valence electrons. The third-order valence-corrected chi connectivity index (χ3v) is 5.74. The van der Waals surface area contributed by atoms with E-state index in [1.165, 1.54) is 16.0 Å². The van der Waals surface area contributed by atoms with Crippen LogP contribution in [0.15, 0.2) is 34.7 Å². The summed E-state index contributed by atoms with van der Waals surface area (Å²) in [6.45, 7) is 8.12. The number of hydrogen-bond acceptors (Lipinski definition) is 7. The monoisotopic (exact) mass is 413 g/mol. The average molecular weight is 414 g/mol. The van der Waals surface area contributed by atoms with Crippen LogP contribution in [0, 0.1) is 5.41 Å². The van der Waals surface area contributed by atoms with E-state index in [2.05, 4.69) is 26.1 Å². The largest absolute Gasteiger partial charge is 0.505 e. The van der Waals surface area contributed by atoms with Crippen molar-refractivity contribution in [2.75, 3.05) is 25.1 Å². The molecule has 30 heavy (non-hydrogen) atoms. The van der Waals surface area contributed by atoms with Crippen molar-refractivity contribution in [3.63, 3.8) is 0 Å². The minimum absolute atomic E-state index is 0.0867. The number of benzene rings is 1. The minimum atomic E-state index is -0.371. The molecule has 0 saturated heterocycles. The van der Waals surface area contributed by atoms with Gasteiger partial charge in [-0.05, 0) is 37.3 Å². The summed E-state index contributed by atoms with van der Waals surface area (Å²) in [6, 6.07) is 2.86. The van der Waals surface area contributed by atoms with E-state index < -0.39 is 0 Å². The van der Waals surface area contributed by atoms with Crippen molar-refractivity contribution in [1.29, 1.82) is 0 Å². The molecule has 8 nitrogen and oxygen atoms in total. The minimum Gasteiger partial charge on any atom is -0.505 e. The predicted octanol–water partition coefficient (Wildman–Crippen LogP) is 2.58. The second kappa shape index (κ2) is 7.36. The smallest absolute Gasteiger partial charge is 0.257 e. The first-order valence-corrected chi connectivity index (χ1v) is 10.0. The molecule has 1 fully saturated rings. The van der Waals surface area contributed by atoms with Gasteiger partial charge in [0.25, 0.3) is 5.91 Å². The van der Waals surface area contributed by atoms with Crippen LogP contribution in [0.1, 0.15) is 50.9 Å². The van der Waals surface area contributed by atoms with Gasteiger partial charge < -0.3 is 26.1 Å². The lowest BCUT2D eigenvalue weighted by Gasteiger charge is -2.41. The predicted molar refractivity (Wildman–Crippen MR) is 117 cm³/mol. The van der Waals surface area contributed by atoms with Gasteiger partial charge in [0.05, 0.1) is 16.9 Å². The topological polar surface area (TPSA) is 125 Å². The highest BCUT2D eigenvalue weighted by Crippen LogP contribution is 2.45. The summed E-state index contributed by atoms with van der Waals surface area (Å²) in [5, 5.41) is 15.4. The Morgan fingerprint density at radius 2 is 1.83 bits per heavy atom. The molecule has 0 heterocycles. The van der Waals surface area contributed by atoms with Crippen LogP contribution in [0.25, 0.3) is 0 Å². The van der Waals surface area contributed by atoms with E-state index >= 15 is 0 Å². The number of nitrogens with zero attached hydrogens (tertiary/aromatic N) is 2. The first kappa shape index (κ1) is 21.7. The Labute approximate surface area is 177 Å². The van der Waals surface area contributed by atoms with Crippen LogP contribution in [0.2, 0.25) is 0 Å². The molecule has 2 aliphatic carbocycles. The van der Waals surface area contributed by atoms with Crippen molar-refractivity contribution in [3.8, 4) is 5.75 Å². The van der Waals surface area contributed by atoms with E-state index in [0.29, 0.717) is 22.7 Å². The number of carbonyl (C=O) groups excluding carboxylic acids is 2. The summed E-state index contributed by atoms with van der Waals surface area (Å²) in [7, 11) is 3.19. The van der Waals surface area contributed by atoms with Gasteiger partial charge in [-0.3, -0.25) is 9.59 Å². The van der Waals surface area contributed by atoms with Crippen LogP contribution >= 0.6 is 0 Å². The highest BCUT2D eigenvalue weighted by Gasteiger charge is 2.43. The molecule has 0 aromatic heterocycles. The molecule has 1 aromatic rings. The Kier molecular flexibility index (Phi) is 5.32. The van der Waals surface area contributed by atoms with Gasteiger partial charge in [-0.2, -0.15) is 0 Å². The number of rotatable bonds is 5. The number of nitrogens with two attached hydrogens (primary N) is 2. The molecule has 0 radical (unpaired) electrons. The molecule has 1 aromatic carbocycles. The van der Waals surface area contributed by atoms with Crippen molar-refractivity contribution in [2.24, 2.45) is 11.3 Å². The maximum absolute atomic E-state index is 12.9. The number of phenolic OH excluding ortho intramolecular Hbond substituents is 1. The SMILES string of the molecule is C[C@H](N(N)C1=C(Nc2cc(N)cc(C(=O)N(C)C)c2O)C(=C2CC2)C1=O)C(C)(C)C. The lowest BCUT2D eigenvalue weighted by molar-refractivity contribution is -0.115. The maximum Gasteiger partial charge on any atom is 0.257 e. The quantitative estimate of drug-likeness (QED) is 0.146. The molecule has 0 unspecified atom stereocenters. The number of Topliss-reactive ketones (excluding diaryl/α,β-unsaturated/α-hetero) is 1. The third-order valence-electron chi connectivity index (χ3n) is 5.74. The number of ketones is 1. The van der Waals surface area contributed by atoms with Gasteiger partial charge in [-0.1, -0.05) is 26.3 Å². The molecule has 6 N–H and O–H groups in total. The Balaban J connectivity index is 2.07. The number of phenols is 1. The molecule has 0 aliphatic heterocycles. The number of allylic oxidation sites excluding steroid dienone is 3. The highest BCUT2D eigenvalue weighted by molar-refractivity contribution is 6.21. The Morgan fingerprint density at radius 1 is 1.23 bits per heavy atom. The second-order valence-corrected chi connectivity index (χ2v) is 9.27. The normalized spacial score (nSPS) is 17.0. The second-order valence-electron chi connectivity index (χ2n) is 9.27. The fourth-order valence-corrected chi connectivity index (χ4v) is 3.32. The summed E-state index contributed by atoms with van der Waals surface area (Å²) in [5.41, 5.74) is 9.11. The van der Waals surface area contributed by atoms with Crippen molar-refractivity contribution in [1.82, 2.24) is 9.91 Å². The number of amides is 1. The molecular formula is C22H31N5O3. The fourth-order valence-electron chi connectivity index (χ4n) is 3.32. The molecule has 0 bridgehead atoms. The van der Waals surface area contributed by atoms with Crippen molar-refractivity contribution in [2.45, 2.75) is 46.6 Å². The molecule has 1 amide bonds. The number of nitrogens with one attached hydrogen (secondary N) is 1. The van der Waals surface area contributed by atoms with Crippen LogP contribution in [0.4, 0.5) is 11.4 Å². The zero-order valence-corrected chi connectivity index (χ0v) is 18.5. The molecule has 1 atom stereocenters. The van der Waals surface area contributed by atoms with Crippen LogP contribution in [0.3, 0.4) is 0 Å². The van der Waals surface area contributed by atoms with Gasteiger partial charge in [0.1, 0.15) is 5.70 Å². The van der Waals surface area contributed by atoms with Crippen LogP contribution < -0.4 is 16.9 Å². The summed E-state index contributed by atoms with van der Waals surface area (Å²) < 4.78 is 0. The van der Waals surface area contributed by atoms with E-state index in [1.807, 2.05) is 6.92 Å².